The summed E-state index contributed by atoms with van der Waals surface area (Å²) in [6.45, 7) is 5.85. The highest BCUT2D eigenvalue weighted by Crippen LogP contribution is 2.18. The molecule has 4 nitrogen and oxygen atoms in total. The van der Waals surface area contributed by atoms with E-state index >= 15 is 0 Å². The molecular weight excluding hydrogens is 240 g/mol. The van der Waals surface area contributed by atoms with Crippen LogP contribution in [0, 0.1) is 0 Å². The van der Waals surface area contributed by atoms with Crippen molar-refractivity contribution < 1.29 is 9.53 Å². The standard InChI is InChI=1S/C15H22N2O2/c1-3-16-11(2)12-6-8-13(9-7-12)17-15(18)14-5-4-10-19-14/h6-9,11,14,16H,3-5,10H2,1-2H3,(H,17,18). The third-order valence-corrected chi connectivity index (χ3v) is 3.41. The first kappa shape index (κ1) is 14.0. The predicted molar refractivity (Wildman–Crippen MR) is 76.1 cm³/mol. The van der Waals surface area contributed by atoms with Crippen molar-refractivity contribution >= 4 is 11.6 Å². The fraction of sp³-hybridized carbons (Fsp3) is 0.533. The third kappa shape index (κ3) is 3.78. The molecule has 4 heteroatoms. The Kier molecular flexibility index (Phi) is 4.93. The minimum absolute atomic E-state index is 0.0371. The Bertz CT molecular complexity index is 411. The van der Waals surface area contributed by atoms with E-state index in [2.05, 4.69) is 24.5 Å². The van der Waals surface area contributed by atoms with E-state index in [1.807, 2.05) is 24.3 Å². The Morgan fingerprint density at radius 2 is 2.16 bits per heavy atom. The molecule has 2 N–H and O–H groups in total. The first-order chi connectivity index (χ1) is 9.20. The number of carbonyl (C=O) groups excluding carboxylic acids is 1. The van der Waals surface area contributed by atoms with Crippen molar-refractivity contribution in [3.8, 4) is 0 Å². The predicted octanol–water partition coefficient (Wildman–Crippen LogP) is 2.47. The van der Waals surface area contributed by atoms with Gasteiger partial charge in [0.2, 0.25) is 0 Å². The zero-order chi connectivity index (χ0) is 13.7. The molecule has 0 saturated carbocycles. The van der Waals surface area contributed by atoms with Gasteiger partial charge in [0.15, 0.2) is 0 Å². The van der Waals surface area contributed by atoms with Crippen LogP contribution in [0.25, 0.3) is 0 Å². The first-order valence-corrected chi connectivity index (χ1v) is 6.96. The van der Waals surface area contributed by atoms with E-state index < -0.39 is 0 Å². The third-order valence-electron chi connectivity index (χ3n) is 3.41. The molecule has 1 saturated heterocycles. The molecule has 1 aliphatic rings. The largest absolute Gasteiger partial charge is 0.368 e. The quantitative estimate of drug-likeness (QED) is 0.857. The molecule has 2 unspecified atom stereocenters. The summed E-state index contributed by atoms with van der Waals surface area (Å²) in [5.41, 5.74) is 2.05. The van der Waals surface area contributed by atoms with E-state index in [9.17, 15) is 4.79 Å². The monoisotopic (exact) mass is 262 g/mol. The lowest BCUT2D eigenvalue weighted by molar-refractivity contribution is -0.124. The van der Waals surface area contributed by atoms with Gasteiger partial charge in [0, 0.05) is 18.3 Å². The van der Waals surface area contributed by atoms with Crippen LogP contribution in [0.1, 0.15) is 38.3 Å². The summed E-state index contributed by atoms with van der Waals surface area (Å²) in [4.78, 5) is 11.9. The molecule has 1 fully saturated rings. The highest BCUT2D eigenvalue weighted by molar-refractivity contribution is 5.94. The van der Waals surface area contributed by atoms with Crippen LogP contribution in [0.5, 0.6) is 0 Å². The first-order valence-electron chi connectivity index (χ1n) is 6.96. The lowest BCUT2D eigenvalue weighted by atomic mass is 10.1. The van der Waals surface area contributed by atoms with Gasteiger partial charge in [-0.15, -0.1) is 0 Å². The van der Waals surface area contributed by atoms with Gasteiger partial charge in [0.05, 0.1) is 0 Å². The van der Waals surface area contributed by atoms with Crippen LogP contribution in [0.4, 0.5) is 5.69 Å². The lowest BCUT2D eigenvalue weighted by Crippen LogP contribution is -2.26. The van der Waals surface area contributed by atoms with Crippen LogP contribution in [0.2, 0.25) is 0 Å². The highest BCUT2D eigenvalue weighted by Gasteiger charge is 2.23. The van der Waals surface area contributed by atoms with Crippen LogP contribution in [-0.4, -0.2) is 25.2 Å². The molecule has 1 amide bonds. The smallest absolute Gasteiger partial charge is 0.253 e. The van der Waals surface area contributed by atoms with Crippen LogP contribution in [0.15, 0.2) is 24.3 Å². The number of carbonyl (C=O) groups is 1. The summed E-state index contributed by atoms with van der Waals surface area (Å²) in [6, 6.07) is 8.29. The molecular formula is C15H22N2O2. The summed E-state index contributed by atoms with van der Waals surface area (Å²) in [5, 5.41) is 6.26. The molecule has 0 aliphatic carbocycles. The van der Waals surface area contributed by atoms with Crippen LogP contribution >= 0.6 is 0 Å². The summed E-state index contributed by atoms with van der Waals surface area (Å²) in [5.74, 6) is -0.0371. The van der Waals surface area contributed by atoms with Crippen molar-refractivity contribution in [2.75, 3.05) is 18.5 Å². The molecule has 2 rings (SSSR count). The second-order valence-electron chi connectivity index (χ2n) is 4.89. The number of amides is 1. The minimum Gasteiger partial charge on any atom is -0.368 e. The number of benzene rings is 1. The lowest BCUT2D eigenvalue weighted by Gasteiger charge is -2.14. The van der Waals surface area contributed by atoms with E-state index in [0.29, 0.717) is 12.6 Å². The molecule has 2 atom stereocenters. The Morgan fingerprint density at radius 3 is 2.74 bits per heavy atom. The minimum atomic E-state index is -0.277. The number of ether oxygens (including phenoxy) is 1. The summed E-state index contributed by atoms with van der Waals surface area (Å²) >= 11 is 0. The van der Waals surface area contributed by atoms with Gasteiger partial charge in [-0.2, -0.15) is 0 Å². The molecule has 0 bridgehead atoms. The fourth-order valence-electron chi connectivity index (χ4n) is 2.29. The van der Waals surface area contributed by atoms with Gasteiger partial charge in [-0.3, -0.25) is 4.79 Å². The molecule has 19 heavy (non-hydrogen) atoms. The van der Waals surface area contributed by atoms with Crippen LogP contribution in [0.3, 0.4) is 0 Å². The summed E-state index contributed by atoms with van der Waals surface area (Å²) in [6.07, 6.45) is 1.51. The van der Waals surface area contributed by atoms with Crippen molar-refractivity contribution in [1.29, 1.82) is 0 Å². The average Bonchev–Trinajstić information content (AvgIpc) is 2.94. The molecule has 1 heterocycles. The van der Waals surface area contributed by atoms with E-state index in [-0.39, 0.29) is 12.0 Å². The second-order valence-corrected chi connectivity index (χ2v) is 4.89. The van der Waals surface area contributed by atoms with Crippen molar-refractivity contribution in [3.63, 3.8) is 0 Å². The summed E-state index contributed by atoms with van der Waals surface area (Å²) in [7, 11) is 0. The van der Waals surface area contributed by atoms with Gasteiger partial charge in [-0.25, -0.2) is 0 Å². The SMILES string of the molecule is CCNC(C)c1ccc(NC(=O)C2CCCO2)cc1. The maximum absolute atomic E-state index is 11.9. The molecule has 1 aromatic carbocycles. The van der Waals surface area contributed by atoms with E-state index in [1.165, 1.54) is 5.56 Å². The van der Waals surface area contributed by atoms with Gasteiger partial charge in [-0.1, -0.05) is 19.1 Å². The van der Waals surface area contributed by atoms with E-state index in [4.69, 9.17) is 4.74 Å². The van der Waals surface area contributed by atoms with Gasteiger partial charge in [0.25, 0.3) is 5.91 Å². The van der Waals surface area contributed by atoms with Crippen molar-refractivity contribution in [2.45, 2.75) is 38.8 Å². The number of anilines is 1. The van der Waals surface area contributed by atoms with Crippen molar-refractivity contribution in [2.24, 2.45) is 0 Å². The number of hydrogen-bond donors (Lipinski definition) is 2. The van der Waals surface area contributed by atoms with Crippen molar-refractivity contribution in [1.82, 2.24) is 5.32 Å². The Morgan fingerprint density at radius 1 is 1.42 bits per heavy atom. The summed E-state index contributed by atoms with van der Waals surface area (Å²) < 4.78 is 5.36. The molecule has 0 radical (unpaired) electrons. The van der Waals surface area contributed by atoms with E-state index in [1.54, 1.807) is 0 Å². The Balaban J connectivity index is 1.92. The highest BCUT2D eigenvalue weighted by atomic mass is 16.5. The number of hydrogen-bond acceptors (Lipinski definition) is 3. The maximum atomic E-state index is 11.9. The Hall–Kier alpha value is -1.39. The van der Waals surface area contributed by atoms with Gasteiger partial charge in [-0.05, 0) is 44.0 Å². The van der Waals surface area contributed by atoms with Gasteiger partial charge < -0.3 is 15.4 Å². The second kappa shape index (κ2) is 6.68. The molecule has 1 aliphatic heterocycles. The van der Waals surface area contributed by atoms with Crippen LogP contribution in [-0.2, 0) is 9.53 Å². The van der Waals surface area contributed by atoms with Crippen molar-refractivity contribution in [3.05, 3.63) is 29.8 Å². The number of rotatable bonds is 5. The average molecular weight is 262 g/mol. The van der Waals surface area contributed by atoms with E-state index in [0.717, 1.165) is 25.1 Å². The molecule has 1 aromatic rings. The van der Waals surface area contributed by atoms with Gasteiger partial charge >= 0.3 is 0 Å². The zero-order valence-corrected chi connectivity index (χ0v) is 11.6. The maximum Gasteiger partial charge on any atom is 0.253 e. The molecule has 0 aromatic heterocycles. The van der Waals surface area contributed by atoms with Gasteiger partial charge in [0.1, 0.15) is 6.10 Å². The Labute approximate surface area is 114 Å². The normalized spacial score (nSPS) is 20.2. The van der Waals surface area contributed by atoms with Crippen LogP contribution < -0.4 is 10.6 Å². The fourth-order valence-corrected chi connectivity index (χ4v) is 2.29. The number of nitrogens with one attached hydrogen (secondary N) is 2. The zero-order valence-electron chi connectivity index (χ0n) is 11.6. The molecule has 0 spiro atoms. The topological polar surface area (TPSA) is 50.4 Å². The molecule has 104 valence electrons.